The second-order valence-electron chi connectivity index (χ2n) is 4.24. The molecule has 0 saturated heterocycles. The van der Waals surface area contributed by atoms with Crippen LogP contribution in [0.25, 0.3) is 0 Å². The Hall–Kier alpha value is -1.84. The lowest BCUT2D eigenvalue weighted by molar-refractivity contribution is 0.0980. The topological polar surface area (TPSA) is 67.5 Å². The molecule has 0 fully saturated rings. The van der Waals surface area contributed by atoms with Crippen LogP contribution in [0.3, 0.4) is 0 Å². The molecular formula is C14H18O4. The third-order valence-electron chi connectivity index (χ3n) is 2.84. The quantitative estimate of drug-likeness (QED) is 0.622. The Morgan fingerprint density at radius 1 is 1.61 bits per heavy atom. The van der Waals surface area contributed by atoms with Gasteiger partial charge in [-0.1, -0.05) is 19.9 Å². The average Bonchev–Trinajstić information content (AvgIpc) is 2.34. The van der Waals surface area contributed by atoms with Crippen LogP contribution in [0.2, 0.25) is 0 Å². The van der Waals surface area contributed by atoms with Gasteiger partial charge in [0.15, 0.2) is 5.78 Å². The van der Waals surface area contributed by atoms with E-state index in [1.165, 1.54) is 6.07 Å². The van der Waals surface area contributed by atoms with Crippen LogP contribution >= 0.6 is 0 Å². The summed E-state index contributed by atoms with van der Waals surface area (Å²) in [5.41, 5.74) is -1.01. The number of ketones is 1. The zero-order valence-electron chi connectivity index (χ0n) is 10.7. The van der Waals surface area contributed by atoms with Gasteiger partial charge in [0.2, 0.25) is 0 Å². The van der Waals surface area contributed by atoms with Crippen molar-refractivity contribution in [2.24, 2.45) is 0 Å². The van der Waals surface area contributed by atoms with E-state index >= 15 is 0 Å². The van der Waals surface area contributed by atoms with E-state index in [1.54, 1.807) is 13.0 Å². The lowest BCUT2D eigenvalue weighted by Gasteiger charge is -2.10. The normalized spacial score (nSPS) is 12.1. The Kier molecular flexibility index (Phi) is 4.89. The largest absolute Gasteiger partial charge is 0.507 e. The molecule has 18 heavy (non-hydrogen) atoms. The second kappa shape index (κ2) is 6.19. The summed E-state index contributed by atoms with van der Waals surface area (Å²) in [6.45, 7) is 7.14. The number of rotatable bonds is 6. The molecule has 0 aliphatic heterocycles. The molecule has 1 rings (SSSR count). The summed E-state index contributed by atoms with van der Waals surface area (Å²) in [5, 5.41) is 9.75. The van der Waals surface area contributed by atoms with E-state index in [0.29, 0.717) is 5.76 Å². The van der Waals surface area contributed by atoms with Gasteiger partial charge >= 0.3 is 5.63 Å². The minimum Gasteiger partial charge on any atom is -0.507 e. The highest BCUT2D eigenvalue weighted by atomic mass is 16.4. The van der Waals surface area contributed by atoms with Crippen molar-refractivity contribution in [2.75, 3.05) is 0 Å². The fourth-order valence-corrected chi connectivity index (χ4v) is 1.69. The number of aromatic hydroxyl groups is 1. The van der Waals surface area contributed by atoms with Crippen molar-refractivity contribution < 1.29 is 14.3 Å². The van der Waals surface area contributed by atoms with Gasteiger partial charge in [0, 0.05) is 18.4 Å². The van der Waals surface area contributed by atoms with Gasteiger partial charge in [0.25, 0.3) is 0 Å². The Balaban J connectivity index is 3.10. The fraction of sp³-hybridized carbons (Fsp3) is 0.429. The molecule has 0 amide bonds. The molecule has 4 heteroatoms. The van der Waals surface area contributed by atoms with Gasteiger partial charge in [-0.15, -0.1) is 6.58 Å². The van der Waals surface area contributed by atoms with E-state index in [9.17, 15) is 14.7 Å². The van der Waals surface area contributed by atoms with Gasteiger partial charge in [-0.25, -0.2) is 4.79 Å². The molecule has 0 aliphatic rings. The summed E-state index contributed by atoms with van der Waals surface area (Å²) in [7, 11) is 0. The molecule has 1 aromatic heterocycles. The molecule has 1 heterocycles. The van der Waals surface area contributed by atoms with Gasteiger partial charge in [-0.05, 0) is 12.8 Å². The molecular weight excluding hydrogens is 232 g/mol. The highest BCUT2D eigenvalue weighted by molar-refractivity contribution is 5.97. The Morgan fingerprint density at radius 3 is 2.78 bits per heavy atom. The fourth-order valence-electron chi connectivity index (χ4n) is 1.69. The third-order valence-corrected chi connectivity index (χ3v) is 2.84. The molecule has 0 aliphatic carbocycles. The van der Waals surface area contributed by atoms with Crippen LogP contribution < -0.4 is 5.63 Å². The van der Waals surface area contributed by atoms with E-state index in [2.05, 4.69) is 6.58 Å². The summed E-state index contributed by atoms with van der Waals surface area (Å²) < 4.78 is 5.10. The molecule has 0 radical (unpaired) electrons. The number of carbonyl (C=O) groups excluding carboxylic acids is 1. The maximum atomic E-state index is 11.7. The predicted octanol–water partition coefficient (Wildman–Crippen LogP) is 3.01. The van der Waals surface area contributed by atoms with Crippen LogP contribution in [0, 0.1) is 0 Å². The van der Waals surface area contributed by atoms with Gasteiger partial charge in [0.05, 0.1) is 0 Å². The van der Waals surface area contributed by atoms with Crippen molar-refractivity contribution in [3.05, 3.63) is 40.5 Å². The first kappa shape index (κ1) is 14.2. The summed E-state index contributed by atoms with van der Waals surface area (Å²) in [6.07, 6.45) is 3.50. The van der Waals surface area contributed by atoms with Crippen LogP contribution in [-0.2, 0) is 0 Å². The summed E-state index contributed by atoms with van der Waals surface area (Å²) in [4.78, 5) is 23.1. The number of hydrogen-bond donors (Lipinski definition) is 1. The van der Waals surface area contributed by atoms with Crippen molar-refractivity contribution in [2.45, 2.75) is 39.0 Å². The lowest BCUT2D eigenvalue weighted by Crippen LogP contribution is -2.15. The van der Waals surface area contributed by atoms with Gasteiger partial charge in [-0.3, -0.25) is 4.79 Å². The van der Waals surface area contributed by atoms with Crippen molar-refractivity contribution >= 4 is 5.78 Å². The zero-order chi connectivity index (χ0) is 13.7. The molecule has 1 N–H and O–H groups in total. The summed E-state index contributed by atoms with van der Waals surface area (Å²) in [5.74, 6) is -0.315. The maximum absolute atomic E-state index is 11.7. The molecule has 98 valence electrons. The van der Waals surface area contributed by atoms with E-state index in [-0.39, 0.29) is 23.7 Å². The van der Waals surface area contributed by atoms with Crippen molar-refractivity contribution in [3.8, 4) is 5.75 Å². The minimum atomic E-state index is -0.762. The second-order valence-corrected chi connectivity index (χ2v) is 4.24. The number of Topliss-reactive ketones (excluding diaryl/α,β-unsaturated/α-hetero) is 1. The van der Waals surface area contributed by atoms with E-state index in [0.717, 1.165) is 12.8 Å². The van der Waals surface area contributed by atoms with Crippen molar-refractivity contribution in [1.82, 2.24) is 0 Å². The monoisotopic (exact) mass is 250 g/mol. The number of carbonyl (C=O) groups is 1. The Labute approximate surface area is 106 Å². The lowest BCUT2D eigenvalue weighted by atomic mass is 10.0. The predicted molar refractivity (Wildman–Crippen MR) is 69.1 cm³/mol. The minimum absolute atomic E-state index is 0.00706. The highest BCUT2D eigenvalue weighted by Gasteiger charge is 2.19. The van der Waals surface area contributed by atoms with Gasteiger partial charge in [-0.2, -0.15) is 0 Å². The maximum Gasteiger partial charge on any atom is 0.350 e. The van der Waals surface area contributed by atoms with E-state index in [1.807, 2.05) is 6.92 Å². The molecule has 0 aromatic carbocycles. The van der Waals surface area contributed by atoms with Crippen molar-refractivity contribution in [1.29, 1.82) is 0 Å². The Morgan fingerprint density at radius 2 is 2.28 bits per heavy atom. The highest BCUT2D eigenvalue weighted by Crippen LogP contribution is 2.25. The van der Waals surface area contributed by atoms with Crippen LogP contribution in [0.1, 0.15) is 55.1 Å². The van der Waals surface area contributed by atoms with Crippen LogP contribution in [0.15, 0.2) is 27.9 Å². The van der Waals surface area contributed by atoms with E-state index < -0.39 is 11.4 Å². The summed E-state index contributed by atoms with van der Waals surface area (Å²) in [6, 6.07) is 1.36. The molecule has 0 saturated carbocycles. The first-order valence-corrected chi connectivity index (χ1v) is 6.02. The van der Waals surface area contributed by atoms with Crippen LogP contribution in [0.5, 0.6) is 5.75 Å². The zero-order valence-corrected chi connectivity index (χ0v) is 10.7. The number of allylic oxidation sites excluding steroid dienone is 1. The molecule has 1 aromatic rings. The smallest absolute Gasteiger partial charge is 0.350 e. The van der Waals surface area contributed by atoms with E-state index in [4.69, 9.17) is 4.42 Å². The van der Waals surface area contributed by atoms with Crippen LogP contribution in [-0.4, -0.2) is 10.9 Å². The first-order chi connectivity index (χ1) is 8.51. The van der Waals surface area contributed by atoms with Crippen molar-refractivity contribution in [3.63, 3.8) is 0 Å². The van der Waals surface area contributed by atoms with Crippen LogP contribution in [0.4, 0.5) is 0 Å². The first-order valence-electron chi connectivity index (χ1n) is 6.02. The number of hydrogen-bond acceptors (Lipinski definition) is 4. The molecule has 0 spiro atoms. The SMILES string of the molecule is C=CCCC(C)c1cc(O)c(C(=O)CC)c(=O)o1. The molecule has 1 atom stereocenters. The molecule has 1 unspecified atom stereocenters. The summed E-state index contributed by atoms with van der Waals surface area (Å²) >= 11 is 0. The van der Waals surface area contributed by atoms with Gasteiger partial charge < -0.3 is 9.52 Å². The van der Waals surface area contributed by atoms with Gasteiger partial charge in [0.1, 0.15) is 17.1 Å². The molecule has 0 bridgehead atoms. The standard InChI is InChI=1S/C14H18O4/c1-4-6-7-9(3)12-8-11(16)13(10(15)5-2)14(17)18-12/h4,8-9,16H,1,5-7H2,2-3H3. The molecule has 4 nitrogen and oxygen atoms in total. The average molecular weight is 250 g/mol. The Bertz CT molecular complexity index is 499. The third kappa shape index (κ3) is 3.09.